The van der Waals surface area contributed by atoms with Crippen LogP contribution in [0.15, 0.2) is 46.8 Å². The van der Waals surface area contributed by atoms with Crippen LogP contribution in [-0.2, 0) is 11.2 Å². The van der Waals surface area contributed by atoms with Crippen molar-refractivity contribution in [1.82, 2.24) is 4.98 Å². The van der Waals surface area contributed by atoms with E-state index in [1.807, 2.05) is 12.4 Å². The van der Waals surface area contributed by atoms with E-state index in [-0.39, 0.29) is 0 Å². The number of hydrogen-bond donors (Lipinski definition) is 1. The van der Waals surface area contributed by atoms with Gasteiger partial charge in [0.1, 0.15) is 0 Å². The summed E-state index contributed by atoms with van der Waals surface area (Å²) < 4.78 is 0. The molecule has 0 saturated heterocycles. The Morgan fingerprint density at radius 2 is 2.11 bits per heavy atom. The van der Waals surface area contributed by atoms with E-state index in [0.29, 0.717) is 0 Å². The van der Waals surface area contributed by atoms with Gasteiger partial charge in [0.05, 0.1) is 11.2 Å². The van der Waals surface area contributed by atoms with E-state index in [1.165, 1.54) is 11.3 Å². The molecule has 0 fully saturated rings. The number of carboxylic acid groups (broad SMARTS) is 1. The quantitative estimate of drug-likeness (QED) is 0.820. The van der Waals surface area contributed by atoms with Gasteiger partial charge in [0.15, 0.2) is 0 Å². The molecule has 1 rings (SSSR count). The highest BCUT2D eigenvalue weighted by Gasteiger charge is 1.96. The van der Waals surface area contributed by atoms with Crippen molar-refractivity contribution >= 4 is 17.3 Å². The van der Waals surface area contributed by atoms with E-state index in [1.54, 1.807) is 11.3 Å². The first-order chi connectivity index (χ1) is 8.95. The van der Waals surface area contributed by atoms with E-state index >= 15 is 0 Å². The van der Waals surface area contributed by atoms with Gasteiger partial charge in [-0.05, 0) is 26.7 Å². The monoisotopic (exact) mass is 279 g/mol. The number of carboxylic acids is 1. The summed E-state index contributed by atoms with van der Waals surface area (Å²) in [5, 5.41) is 9.52. The molecule has 1 aromatic rings. The first-order valence-corrected chi connectivity index (χ1v) is 6.95. The molecule has 1 heterocycles. The Labute approximate surface area is 119 Å². The molecule has 4 heteroatoms. The van der Waals surface area contributed by atoms with Crippen LogP contribution < -0.4 is 0 Å². The summed E-state index contributed by atoms with van der Waals surface area (Å²) in [6, 6.07) is 0. The molecule has 0 atom stereocenters. The second kappa shape index (κ2) is 10.3. The minimum atomic E-state index is -0.833. The number of rotatable bonds is 5. The molecule has 0 amide bonds. The van der Waals surface area contributed by atoms with Crippen LogP contribution in [-0.4, -0.2) is 16.1 Å². The molecule has 0 aliphatic heterocycles. The molecular formula is C15H21NO2S. The maximum absolute atomic E-state index is 9.00. The summed E-state index contributed by atoms with van der Waals surface area (Å²) >= 11 is 1.65. The molecular weight excluding hydrogens is 258 g/mol. The van der Waals surface area contributed by atoms with Gasteiger partial charge >= 0.3 is 0 Å². The van der Waals surface area contributed by atoms with Gasteiger partial charge in [-0.25, -0.2) is 4.98 Å². The number of nitrogens with zero attached hydrogens (tertiary/aromatic N) is 1. The number of thiazole rings is 1. The summed E-state index contributed by atoms with van der Waals surface area (Å²) in [5.74, 6) is -0.833. The van der Waals surface area contributed by atoms with Crippen molar-refractivity contribution in [2.24, 2.45) is 0 Å². The summed E-state index contributed by atoms with van der Waals surface area (Å²) in [7, 11) is 0. The summed E-state index contributed by atoms with van der Waals surface area (Å²) in [6.45, 7) is 9.00. The van der Waals surface area contributed by atoms with Crippen molar-refractivity contribution in [3.05, 3.63) is 52.5 Å². The second-order valence-electron chi connectivity index (χ2n) is 4.04. The highest BCUT2D eigenvalue weighted by Crippen LogP contribution is 2.11. The fourth-order valence-electron chi connectivity index (χ4n) is 1.21. The molecule has 1 N–H and O–H groups in total. The Hall–Kier alpha value is -1.68. The van der Waals surface area contributed by atoms with Crippen LogP contribution in [0.4, 0.5) is 0 Å². The van der Waals surface area contributed by atoms with E-state index in [9.17, 15) is 0 Å². The number of carbonyl (C=O) groups is 1. The lowest BCUT2D eigenvalue weighted by molar-refractivity contribution is -0.134. The lowest BCUT2D eigenvalue weighted by Crippen LogP contribution is -1.87. The van der Waals surface area contributed by atoms with E-state index in [4.69, 9.17) is 9.90 Å². The maximum Gasteiger partial charge on any atom is 0.300 e. The number of allylic oxidation sites excluding steroid dienone is 5. The SMILES string of the molecule is C=C(C)/C=C\C(=C/C)CCc1cscn1.CC(=O)O. The van der Waals surface area contributed by atoms with Gasteiger partial charge in [-0.3, -0.25) is 4.79 Å². The molecule has 104 valence electrons. The highest BCUT2D eigenvalue weighted by molar-refractivity contribution is 7.07. The molecule has 0 spiro atoms. The van der Waals surface area contributed by atoms with Crippen LogP contribution in [0.1, 0.15) is 32.9 Å². The van der Waals surface area contributed by atoms with E-state index in [0.717, 1.165) is 25.3 Å². The minimum absolute atomic E-state index is 0.833. The number of aromatic nitrogens is 1. The number of hydrogen-bond acceptors (Lipinski definition) is 3. The normalized spacial score (nSPS) is 11.0. The first-order valence-electron chi connectivity index (χ1n) is 6.01. The van der Waals surface area contributed by atoms with E-state index < -0.39 is 5.97 Å². The topological polar surface area (TPSA) is 50.2 Å². The van der Waals surface area contributed by atoms with Crippen molar-refractivity contribution in [3.8, 4) is 0 Å². The highest BCUT2D eigenvalue weighted by atomic mass is 32.1. The standard InChI is InChI=1S/C13H17NS.C2H4O2/c1-4-12(6-5-11(2)3)7-8-13-9-15-10-14-13;1-2(3)4/h4-6,9-10H,2,7-8H2,1,3H3;1H3,(H,3,4)/b6-5-,12-4+;. The predicted octanol–water partition coefficient (Wildman–Crippen LogP) is 4.25. The van der Waals surface area contributed by atoms with Crippen molar-refractivity contribution < 1.29 is 9.90 Å². The van der Waals surface area contributed by atoms with Gasteiger partial charge in [0.25, 0.3) is 5.97 Å². The fourth-order valence-corrected chi connectivity index (χ4v) is 1.80. The summed E-state index contributed by atoms with van der Waals surface area (Å²) in [4.78, 5) is 13.3. The smallest absolute Gasteiger partial charge is 0.300 e. The van der Waals surface area contributed by atoms with Crippen molar-refractivity contribution in [2.45, 2.75) is 33.6 Å². The molecule has 19 heavy (non-hydrogen) atoms. The Morgan fingerprint density at radius 1 is 1.47 bits per heavy atom. The minimum Gasteiger partial charge on any atom is -0.481 e. The molecule has 0 aliphatic carbocycles. The van der Waals surface area contributed by atoms with E-state index in [2.05, 4.69) is 42.1 Å². The Morgan fingerprint density at radius 3 is 2.53 bits per heavy atom. The van der Waals surface area contributed by atoms with Crippen molar-refractivity contribution in [1.29, 1.82) is 0 Å². The number of aryl methyl sites for hydroxylation is 1. The average Bonchev–Trinajstić information content (AvgIpc) is 2.81. The zero-order valence-electron chi connectivity index (χ0n) is 11.7. The Bertz CT molecular complexity index is 441. The molecule has 0 unspecified atom stereocenters. The Balaban J connectivity index is 0.000000711. The molecule has 0 aromatic carbocycles. The summed E-state index contributed by atoms with van der Waals surface area (Å²) in [6.07, 6.45) is 8.39. The molecule has 0 aliphatic rings. The van der Waals surface area contributed by atoms with Gasteiger partial charge in [-0.2, -0.15) is 0 Å². The van der Waals surface area contributed by atoms with Gasteiger partial charge < -0.3 is 5.11 Å². The summed E-state index contributed by atoms with van der Waals surface area (Å²) in [5.41, 5.74) is 5.49. The average molecular weight is 279 g/mol. The van der Waals surface area contributed by atoms with Crippen molar-refractivity contribution in [2.75, 3.05) is 0 Å². The molecule has 0 saturated carbocycles. The molecule has 1 aromatic heterocycles. The predicted molar refractivity (Wildman–Crippen MR) is 81.5 cm³/mol. The van der Waals surface area contributed by atoms with Crippen LogP contribution in [0, 0.1) is 0 Å². The molecule has 3 nitrogen and oxygen atoms in total. The lowest BCUT2D eigenvalue weighted by Gasteiger charge is -1.99. The van der Waals surface area contributed by atoms with Crippen LogP contribution in [0.2, 0.25) is 0 Å². The van der Waals surface area contributed by atoms with Crippen LogP contribution in [0.25, 0.3) is 0 Å². The molecule has 0 bridgehead atoms. The lowest BCUT2D eigenvalue weighted by atomic mass is 10.1. The number of aliphatic carboxylic acids is 1. The second-order valence-corrected chi connectivity index (χ2v) is 4.76. The largest absolute Gasteiger partial charge is 0.481 e. The van der Waals surface area contributed by atoms with Gasteiger partial charge in [-0.1, -0.05) is 36.0 Å². The maximum atomic E-state index is 9.00. The van der Waals surface area contributed by atoms with Crippen LogP contribution >= 0.6 is 11.3 Å². The van der Waals surface area contributed by atoms with Crippen LogP contribution in [0.3, 0.4) is 0 Å². The first kappa shape index (κ1) is 17.3. The van der Waals surface area contributed by atoms with Crippen molar-refractivity contribution in [3.63, 3.8) is 0 Å². The third-order valence-corrected chi connectivity index (χ3v) is 2.74. The van der Waals surface area contributed by atoms with Gasteiger partial charge in [-0.15, -0.1) is 11.3 Å². The fraction of sp³-hybridized carbons (Fsp3) is 0.333. The third-order valence-electron chi connectivity index (χ3n) is 2.11. The van der Waals surface area contributed by atoms with Gasteiger partial charge in [0.2, 0.25) is 0 Å². The third kappa shape index (κ3) is 11.2. The van der Waals surface area contributed by atoms with Gasteiger partial charge in [0, 0.05) is 12.3 Å². The molecule has 0 radical (unpaired) electrons. The zero-order valence-corrected chi connectivity index (χ0v) is 12.5. The Kier molecular flexibility index (Phi) is 9.35. The zero-order chi connectivity index (χ0) is 14.7. The van der Waals surface area contributed by atoms with Crippen LogP contribution in [0.5, 0.6) is 0 Å².